The summed E-state index contributed by atoms with van der Waals surface area (Å²) >= 11 is 0. The van der Waals surface area contributed by atoms with Crippen LogP contribution in [0.2, 0.25) is 0 Å². The number of hydrogen-bond acceptors (Lipinski definition) is 5. The number of nitrogens with zero attached hydrogens (tertiary/aromatic N) is 5. The summed E-state index contributed by atoms with van der Waals surface area (Å²) in [5.74, 6) is 0. The van der Waals surface area contributed by atoms with Gasteiger partial charge in [0.2, 0.25) is 0 Å². The van der Waals surface area contributed by atoms with Crippen LogP contribution in [0.15, 0.2) is 164 Å². The van der Waals surface area contributed by atoms with Crippen LogP contribution < -0.4 is 0 Å². The van der Waals surface area contributed by atoms with Crippen LogP contribution in [0.25, 0.3) is 88.7 Å². The van der Waals surface area contributed by atoms with Crippen LogP contribution in [0.1, 0.15) is 0 Å². The van der Waals surface area contributed by atoms with E-state index in [9.17, 15) is 0 Å². The molecule has 224 valence electrons. The van der Waals surface area contributed by atoms with E-state index in [2.05, 4.69) is 125 Å². The summed E-state index contributed by atoms with van der Waals surface area (Å²) in [5.41, 5.74) is 11.5. The molecule has 0 aliphatic rings. The normalized spacial score (nSPS) is 11.3. The van der Waals surface area contributed by atoms with Crippen molar-refractivity contribution in [1.82, 2.24) is 24.9 Å². The predicted molar refractivity (Wildman–Crippen MR) is 195 cm³/mol. The fourth-order valence-electron chi connectivity index (χ4n) is 6.32. The molecule has 48 heavy (non-hydrogen) atoms. The maximum absolute atomic E-state index is 5.23. The van der Waals surface area contributed by atoms with Crippen molar-refractivity contribution >= 4 is 32.6 Å². The van der Waals surface area contributed by atoms with Gasteiger partial charge in [-0.2, -0.15) is 0 Å². The van der Waals surface area contributed by atoms with Gasteiger partial charge >= 0.3 is 0 Å². The third-order valence-electron chi connectivity index (χ3n) is 8.80. The molecule has 5 heterocycles. The molecule has 0 spiro atoms. The quantitative estimate of drug-likeness (QED) is 0.181. The van der Waals surface area contributed by atoms with Crippen LogP contribution in [0.3, 0.4) is 0 Å². The molecule has 0 atom stereocenters. The predicted octanol–water partition coefficient (Wildman–Crippen LogP) is 10.5. The summed E-state index contributed by atoms with van der Waals surface area (Å²) in [7, 11) is 0. The lowest BCUT2D eigenvalue weighted by atomic mass is 9.98. The first-order valence-electron chi connectivity index (χ1n) is 15.9. The van der Waals surface area contributed by atoms with Gasteiger partial charge in [-0.1, -0.05) is 78.9 Å². The van der Waals surface area contributed by atoms with Crippen LogP contribution in [-0.2, 0) is 0 Å². The number of hydrogen-bond donors (Lipinski definition) is 0. The van der Waals surface area contributed by atoms with Gasteiger partial charge in [-0.3, -0.25) is 9.97 Å². The molecule has 0 saturated heterocycles. The van der Waals surface area contributed by atoms with E-state index in [4.69, 9.17) is 15.0 Å². The maximum Gasteiger partial charge on any atom is 0.0972 e. The Morgan fingerprint density at radius 3 is 1.46 bits per heavy atom. The molecule has 0 saturated carbocycles. The average Bonchev–Trinajstić information content (AvgIpc) is 3.18. The lowest BCUT2D eigenvalue weighted by Crippen LogP contribution is -1.93. The molecular formula is C43H27N5. The van der Waals surface area contributed by atoms with Crippen molar-refractivity contribution in [1.29, 1.82) is 0 Å². The molecule has 0 unspecified atom stereocenters. The topological polar surface area (TPSA) is 64.5 Å². The summed E-state index contributed by atoms with van der Waals surface area (Å²) in [5, 5.41) is 4.54. The summed E-state index contributed by atoms with van der Waals surface area (Å²) < 4.78 is 0. The standard InChI is InChI=1S/C43H27N5/c1-2-7-31-22-34(15-12-28(31)6-1)39-19-17-30-14-13-29-16-18-38(47-42(29)43(30)48-39)33-9-3-8-32(23-33)37-24-40(35-10-4-20-44-26-35)46-41(25-37)36-11-5-21-45-27-36/h1-27H. The zero-order valence-electron chi connectivity index (χ0n) is 25.8. The molecule has 0 aliphatic carbocycles. The molecule has 5 heteroatoms. The monoisotopic (exact) mass is 613 g/mol. The summed E-state index contributed by atoms with van der Waals surface area (Å²) in [6.45, 7) is 0. The van der Waals surface area contributed by atoms with E-state index in [1.807, 2.05) is 36.7 Å². The van der Waals surface area contributed by atoms with E-state index in [1.165, 1.54) is 10.8 Å². The van der Waals surface area contributed by atoms with E-state index in [0.29, 0.717) is 0 Å². The Hall–Kier alpha value is -6.59. The van der Waals surface area contributed by atoms with Gasteiger partial charge in [-0.05, 0) is 82.6 Å². The minimum absolute atomic E-state index is 0.855. The smallest absolute Gasteiger partial charge is 0.0972 e. The number of fused-ring (bicyclic) bond motifs is 4. The molecule has 9 aromatic rings. The second-order valence-corrected chi connectivity index (χ2v) is 11.9. The lowest BCUT2D eigenvalue weighted by molar-refractivity contribution is 1.26. The zero-order chi connectivity index (χ0) is 31.9. The van der Waals surface area contributed by atoms with Crippen molar-refractivity contribution in [2.75, 3.05) is 0 Å². The first kappa shape index (κ1) is 27.7. The second-order valence-electron chi connectivity index (χ2n) is 11.9. The Morgan fingerprint density at radius 2 is 0.833 bits per heavy atom. The molecule has 5 aromatic heterocycles. The Bertz CT molecular complexity index is 2560. The number of rotatable bonds is 5. The van der Waals surface area contributed by atoms with E-state index in [-0.39, 0.29) is 0 Å². The zero-order valence-corrected chi connectivity index (χ0v) is 25.8. The van der Waals surface area contributed by atoms with Crippen LogP contribution in [0, 0.1) is 0 Å². The highest BCUT2D eigenvalue weighted by Gasteiger charge is 2.13. The second kappa shape index (κ2) is 11.6. The molecule has 5 nitrogen and oxygen atoms in total. The molecular weight excluding hydrogens is 587 g/mol. The van der Waals surface area contributed by atoms with Gasteiger partial charge in [-0.25, -0.2) is 15.0 Å². The summed E-state index contributed by atoms with van der Waals surface area (Å²) in [6, 6.07) is 48.3. The number of benzene rings is 4. The Morgan fingerprint density at radius 1 is 0.292 bits per heavy atom. The van der Waals surface area contributed by atoms with Crippen molar-refractivity contribution in [3.8, 4) is 56.2 Å². The van der Waals surface area contributed by atoms with E-state index < -0.39 is 0 Å². The highest BCUT2D eigenvalue weighted by Crippen LogP contribution is 2.34. The van der Waals surface area contributed by atoms with Crippen LogP contribution in [0.4, 0.5) is 0 Å². The van der Waals surface area contributed by atoms with E-state index in [0.717, 1.165) is 78.0 Å². The largest absolute Gasteiger partial charge is 0.264 e. The minimum atomic E-state index is 0.855. The number of aromatic nitrogens is 5. The first-order valence-corrected chi connectivity index (χ1v) is 15.9. The SMILES string of the molecule is c1cncc(-c2cc(-c3cccc(-c4ccc5ccc6ccc(-c7ccc8ccccc8c7)nc6c5n4)c3)cc(-c3cccnc3)n2)c1. The van der Waals surface area contributed by atoms with Gasteiger partial charge in [-0.15, -0.1) is 0 Å². The molecule has 0 radical (unpaired) electrons. The Labute approximate surface area is 277 Å². The number of pyridine rings is 5. The minimum Gasteiger partial charge on any atom is -0.264 e. The molecule has 0 N–H and O–H groups in total. The molecule has 0 fully saturated rings. The molecule has 4 aromatic carbocycles. The van der Waals surface area contributed by atoms with Gasteiger partial charge < -0.3 is 0 Å². The summed E-state index contributed by atoms with van der Waals surface area (Å²) in [4.78, 5) is 24.1. The fraction of sp³-hybridized carbons (Fsp3) is 0. The van der Waals surface area contributed by atoms with Crippen LogP contribution in [0.5, 0.6) is 0 Å². The fourth-order valence-corrected chi connectivity index (χ4v) is 6.32. The molecule has 0 bridgehead atoms. The van der Waals surface area contributed by atoms with Gasteiger partial charge in [0.05, 0.1) is 33.8 Å². The van der Waals surface area contributed by atoms with E-state index in [1.54, 1.807) is 12.4 Å². The van der Waals surface area contributed by atoms with Gasteiger partial charge in [0.1, 0.15) is 0 Å². The third-order valence-corrected chi connectivity index (χ3v) is 8.80. The summed E-state index contributed by atoms with van der Waals surface area (Å²) in [6.07, 6.45) is 7.24. The highest BCUT2D eigenvalue weighted by molar-refractivity contribution is 6.04. The molecule has 0 amide bonds. The lowest BCUT2D eigenvalue weighted by Gasteiger charge is -2.12. The van der Waals surface area contributed by atoms with Crippen molar-refractivity contribution < 1.29 is 0 Å². The Balaban J connectivity index is 1.15. The van der Waals surface area contributed by atoms with Crippen LogP contribution >= 0.6 is 0 Å². The van der Waals surface area contributed by atoms with Crippen molar-refractivity contribution in [3.05, 3.63) is 164 Å². The average molecular weight is 614 g/mol. The highest BCUT2D eigenvalue weighted by atomic mass is 14.8. The molecule has 9 rings (SSSR count). The van der Waals surface area contributed by atoms with E-state index >= 15 is 0 Å². The van der Waals surface area contributed by atoms with Gasteiger partial charge in [0, 0.05) is 57.8 Å². The van der Waals surface area contributed by atoms with Crippen LogP contribution in [-0.4, -0.2) is 24.9 Å². The first-order chi connectivity index (χ1) is 23.7. The van der Waals surface area contributed by atoms with Crippen molar-refractivity contribution in [2.24, 2.45) is 0 Å². The maximum atomic E-state index is 5.23. The van der Waals surface area contributed by atoms with Gasteiger partial charge in [0.15, 0.2) is 0 Å². The third kappa shape index (κ3) is 5.13. The van der Waals surface area contributed by atoms with Crippen molar-refractivity contribution in [3.63, 3.8) is 0 Å². The van der Waals surface area contributed by atoms with Crippen molar-refractivity contribution in [2.45, 2.75) is 0 Å². The Kier molecular flexibility index (Phi) is 6.72. The molecule has 0 aliphatic heterocycles. The van der Waals surface area contributed by atoms with Gasteiger partial charge in [0.25, 0.3) is 0 Å².